The Bertz CT molecular complexity index is 1460. The van der Waals surface area contributed by atoms with E-state index in [0.29, 0.717) is 23.3 Å². The highest BCUT2D eigenvalue weighted by Gasteiger charge is 2.21. The molecule has 6 rings (SSSR count). The summed E-state index contributed by atoms with van der Waals surface area (Å²) in [5, 5.41) is 12.3. The van der Waals surface area contributed by atoms with Crippen LogP contribution in [0.4, 0.5) is 5.82 Å². The van der Waals surface area contributed by atoms with E-state index in [2.05, 4.69) is 26.4 Å². The smallest absolute Gasteiger partial charge is 0.182 e. The average Bonchev–Trinajstić information content (AvgIpc) is 3.48. The molecular formula is C24H24N8O. The van der Waals surface area contributed by atoms with E-state index in [-0.39, 0.29) is 0 Å². The molecule has 5 aromatic rings. The number of ether oxygens (including phenoxy) is 1. The van der Waals surface area contributed by atoms with Gasteiger partial charge in [0.05, 0.1) is 0 Å². The normalized spacial score (nSPS) is 14.8. The van der Waals surface area contributed by atoms with Gasteiger partial charge in [0.2, 0.25) is 0 Å². The van der Waals surface area contributed by atoms with E-state index in [0.717, 1.165) is 54.0 Å². The van der Waals surface area contributed by atoms with E-state index < -0.39 is 0 Å². The number of nitrogen functional groups attached to an aromatic ring is 1. The molecule has 3 N–H and O–H groups in total. The number of pyridine rings is 1. The average molecular weight is 441 g/mol. The molecule has 0 unspecified atom stereocenters. The van der Waals surface area contributed by atoms with Crippen molar-refractivity contribution < 1.29 is 4.74 Å². The number of hydrogen-bond donors (Lipinski definition) is 2. The molecule has 0 amide bonds. The number of aromatic nitrogens is 6. The second-order valence-electron chi connectivity index (χ2n) is 8.42. The first-order chi connectivity index (χ1) is 16.2. The minimum absolute atomic E-state index is 0.489. The second kappa shape index (κ2) is 7.86. The lowest BCUT2D eigenvalue weighted by atomic mass is 9.91. The summed E-state index contributed by atoms with van der Waals surface area (Å²) in [7, 11) is 0. The third kappa shape index (κ3) is 3.56. The Labute approximate surface area is 190 Å². The van der Waals surface area contributed by atoms with Gasteiger partial charge in [-0.2, -0.15) is 5.10 Å². The Kier molecular flexibility index (Phi) is 4.69. The van der Waals surface area contributed by atoms with Crippen LogP contribution in [0.15, 0.2) is 55.1 Å². The molecule has 0 bridgehead atoms. The van der Waals surface area contributed by atoms with Crippen LogP contribution in [0.3, 0.4) is 0 Å². The number of benzene rings is 1. The molecule has 1 aliphatic rings. The first-order valence-electron chi connectivity index (χ1n) is 11.1. The molecule has 1 aliphatic heterocycles. The van der Waals surface area contributed by atoms with Crippen LogP contribution in [0.1, 0.15) is 29.9 Å². The van der Waals surface area contributed by atoms with Gasteiger partial charge in [-0.1, -0.05) is 0 Å². The summed E-state index contributed by atoms with van der Waals surface area (Å²) in [5.41, 5.74) is 11.2. The monoisotopic (exact) mass is 440 g/mol. The summed E-state index contributed by atoms with van der Waals surface area (Å²) in [5.74, 6) is 3.05. The fourth-order valence-electron chi connectivity index (χ4n) is 4.55. The van der Waals surface area contributed by atoms with Crippen molar-refractivity contribution in [3.63, 3.8) is 0 Å². The molecule has 0 radical (unpaired) electrons. The van der Waals surface area contributed by atoms with E-state index in [1.807, 2.05) is 54.2 Å². The Morgan fingerprint density at radius 1 is 1.06 bits per heavy atom. The van der Waals surface area contributed by atoms with Gasteiger partial charge in [-0.15, -0.1) is 5.10 Å². The molecule has 0 aliphatic carbocycles. The summed E-state index contributed by atoms with van der Waals surface area (Å²) >= 11 is 0. The summed E-state index contributed by atoms with van der Waals surface area (Å²) in [6, 6.07) is 11.7. The van der Waals surface area contributed by atoms with Gasteiger partial charge in [0.25, 0.3) is 0 Å². The van der Waals surface area contributed by atoms with Crippen LogP contribution in [-0.4, -0.2) is 42.3 Å². The molecule has 1 saturated heterocycles. The van der Waals surface area contributed by atoms with Crippen molar-refractivity contribution in [1.29, 1.82) is 0 Å². The third-order valence-electron chi connectivity index (χ3n) is 6.26. The number of rotatable bonds is 4. The summed E-state index contributed by atoms with van der Waals surface area (Å²) in [6.07, 6.45) is 7.53. The van der Waals surface area contributed by atoms with Gasteiger partial charge < -0.3 is 15.8 Å². The quantitative estimate of drug-likeness (QED) is 0.440. The molecule has 0 atom stereocenters. The molecule has 0 spiro atoms. The molecule has 166 valence electrons. The van der Waals surface area contributed by atoms with Crippen LogP contribution in [0, 0.1) is 6.92 Å². The zero-order chi connectivity index (χ0) is 22.4. The highest BCUT2D eigenvalue weighted by Crippen LogP contribution is 2.33. The van der Waals surface area contributed by atoms with Crippen molar-refractivity contribution in [2.24, 2.45) is 0 Å². The maximum Gasteiger partial charge on any atom is 0.182 e. The van der Waals surface area contributed by atoms with Gasteiger partial charge in [-0.3, -0.25) is 0 Å². The van der Waals surface area contributed by atoms with Gasteiger partial charge >= 0.3 is 0 Å². The number of anilines is 1. The number of nitrogens with two attached hydrogens (primary N) is 1. The number of piperidine rings is 1. The molecule has 9 heteroatoms. The van der Waals surface area contributed by atoms with E-state index in [9.17, 15) is 0 Å². The zero-order valence-electron chi connectivity index (χ0n) is 18.3. The number of aryl methyl sites for hydroxylation is 1. The van der Waals surface area contributed by atoms with E-state index in [1.165, 1.54) is 11.9 Å². The molecule has 0 saturated carbocycles. The van der Waals surface area contributed by atoms with Gasteiger partial charge in [-0.05, 0) is 80.2 Å². The summed E-state index contributed by atoms with van der Waals surface area (Å²) in [6.45, 7) is 4.06. The first kappa shape index (κ1) is 19.7. The van der Waals surface area contributed by atoms with Gasteiger partial charge in [0.15, 0.2) is 17.3 Å². The van der Waals surface area contributed by atoms with Crippen molar-refractivity contribution in [3.05, 3.63) is 66.2 Å². The van der Waals surface area contributed by atoms with Crippen molar-refractivity contribution >= 4 is 17.0 Å². The maximum atomic E-state index is 6.43. The maximum absolute atomic E-state index is 6.43. The predicted octanol–water partition coefficient (Wildman–Crippen LogP) is 3.59. The van der Waals surface area contributed by atoms with Crippen LogP contribution in [0.2, 0.25) is 0 Å². The Morgan fingerprint density at radius 3 is 2.76 bits per heavy atom. The Balaban J connectivity index is 1.30. The highest BCUT2D eigenvalue weighted by atomic mass is 16.5. The molecule has 1 fully saturated rings. The standard InChI is InChI=1S/C24H24N8O/c1-15-12-17(2-3-20(15)33-18-6-10-31-21(13-18)27-14-28-31)24-29-23(25)22-19(7-11-32(22)30-24)16-4-8-26-9-5-16/h2-3,6-7,10-14,16,26H,4-5,8-9H2,1H3,(H2,25,29,30). The first-order valence-corrected chi connectivity index (χ1v) is 11.1. The number of hydrogen-bond acceptors (Lipinski definition) is 7. The minimum atomic E-state index is 0.489. The van der Waals surface area contributed by atoms with Crippen molar-refractivity contribution in [3.8, 4) is 22.9 Å². The van der Waals surface area contributed by atoms with Gasteiger partial charge in [-0.25, -0.2) is 19.0 Å². The van der Waals surface area contributed by atoms with Gasteiger partial charge in [0, 0.05) is 24.0 Å². The lowest BCUT2D eigenvalue weighted by Gasteiger charge is -2.22. The van der Waals surface area contributed by atoms with Crippen molar-refractivity contribution in [2.45, 2.75) is 25.7 Å². The molecule has 4 aromatic heterocycles. The van der Waals surface area contributed by atoms with Crippen LogP contribution < -0.4 is 15.8 Å². The second-order valence-corrected chi connectivity index (χ2v) is 8.42. The van der Waals surface area contributed by atoms with E-state index in [1.54, 1.807) is 4.52 Å². The molecule has 33 heavy (non-hydrogen) atoms. The molecular weight excluding hydrogens is 416 g/mol. The molecule has 1 aromatic carbocycles. The largest absolute Gasteiger partial charge is 0.457 e. The van der Waals surface area contributed by atoms with Crippen LogP contribution in [0.25, 0.3) is 22.6 Å². The van der Waals surface area contributed by atoms with Crippen LogP contribution >= 0.6 is 0 Å². The highest BCUT2D eigenvalue weighted by molar-refractivity contribution is 5.73. The lowest BCUT2D eigenvalue weighted by Crippen LogP contribution is -2.26. The third-order valence-corrected chi connectivity index (χ3v) is 6.26. The molecule has 9 nitrogen and oxygen atoms in total. The van der Waals surface area contributed by atoms with Gasteiger partial charge in [0.1, 0.15) is 23.3 Å². The van der Waals surface area contributed by atoms with E-state index in [4.69, 9.17) is 15.6 Å². The van der Waals surface area contributed by atoms with Crippen LogP contribution in [0.5, 0.6) is 11.5 Å². The fourth-order valence-corrected chi connectivity index (χ4v) is 4.55. The summed E-state index contributed by atoms with van der Waals surface area (Å²) < 4.78 is 9.64. The Hall–Kier alpha value is -3.98. The number of fused-ring (bicyclic) bond motifs is 2. The zero-order valence-corrected chi connectivity index (χ0v) is 18.3. The summed E-state index contributed by atoms with van der Waals surface area (Å²) in [4.78, 5) is 8.85. The SMILES string of the molecule is Cc1cc(-c2nc(N)c3c(C4CCNCC4)ccn3n2)ccc1Oc1ccn2ncnc2c1. The molecule has 5 heterocycles. The van der Waals surface area contributed by atoms with Crippen LogP contribution in [-0.2, 0) is 0 Å². The fraction of sp³-hybridized carbons (Fsp3) is 0.250. The van der Waals surface area contributed by atoms with Crippen molar-refractivity contribution in [1.82, 2.24) is 34.5 Å². The number of nitrogens with one attached hydrogen (secondary N) is 1. The Morgan fingerprint density at radius 2 is 1.91 bits per heavy atom. The number of nitrogens with zero attached hydrogens (tertiary/aromatic N) is 6. The minimum Gasteiger partial charge on any atom is -0.457 e. The van der Waals surface area contributed by atoms with Crippen molar-refractivity contribution in [2.75, 3.05) is 18.8 Å². The van der Waals surface area contributed by atoms with E-state index >= 15 is 0 Å². The predicted molar refractivity (Wildman–Crippen MR) is 125 cm³/mol. The lowest BCUT2D eigenvalue weighted by molar-refractivity contribution is 0.462. The topological polar surface area (TPSA) is 108 Å².